The molecule has 5 heteroatoms. The van der Waals surface area contributed by atoms with Crippen LogP contribution in [0.4, 0.5) is 5.95 Å². The highest BCUT2D eigenvalue weighted by Crippen LogP contribution is 2.32. The van der Waals surface area contributed by atoms with Gasteiger partial charge < -0.3 is 0 Å². The zero-order chi connectivity index (χ0) is 18.8. The lowest BCUT2D eigenvalue weighted by Crippen LogP contribution is -2.22. The Balaban J connectivity index is 1.57. The zero-order valence-corrected chi connectivity index (χ0v) is 15.0. The maximum absolute atomic E-state index is 12.5. The van der Waals surface area contributed by atoms with Gasteiger partial charge in [-0.1, -0.05) is 48.0 Å². The molecule has 134 valence electrons. The first-order chi connectivity index (χ1) is 13.1. The number of carbonyl (C=O) groups excluding carboxylic acids is 2. The van der Waals surface area contributed by atoms with Crippen LogP contribution in [-0.4, -0.2) is 21.7 Å². The van der Waals surface area contributed by atoms with Crippen molar-refractivity contribution < 1.29 is 9.59 Å². The van der Waals surface area contributed by atoms with E-state index in [4.69, 9.17) is 0 Å². The number of hydrogen-bond acceptors (Lipinski definition) is 4. The maximum Gasteiger partial charge on any atom is 0.258 e. The molecular weight excluding hydrogens is 338 g/mol. The first-order valence-electron chi connectivity index (χ1n) is 8.92. The van der Waals surface area contributed by atoms with Gasteiger partial charge in [-0.15, -0.1) is 0 Å². The predicted octanol–water partition coefficient (Wildman–Crippen LogP) is 3.95. The van der Waals surface area contributed by atoms with Gasteiger partial charge in [0, 0.05) is 18.2 Å². The molecule has 0 saturated carbocycles. The molecule has 0 fully saturated rings. The molecule has 1 amide bonds. The maximum atomic E-state index is 12.5. The summed E-state index contributed by atoms with van der Waals surface area (Å²) in [6.07, 6.45) is 2.63. The van der Waals surface area contributed by atoms with E-state index in [-0.39, 0.29) is 23.6 Å². The number of aromatic nitrogens is 2. The van der Waals surface area contributed by atoms with E-state index >= 15 is 0 Å². The number of Topliss-reactive ketones (excluding diaryl/α,β-unsaturated/α-hetero) is 1. The Morgan fingerprint density at radius 2 is 1.78 bits per heavy atom. The van der Waals surface area contributed by atoms with Gasteiger partial charge in [-0.3, -0.25) is 14.9 Å². The SMILES string of the molecule is Cc1ccc([C@@H]2CC(=O)c3cnc(NC(=O)c4ccccc4)nc3C2)cc1. The second kappa shape index (κ2) is 7.11. The lowest BCUT2D eigenvalue weighted by molar-refractivity contribution is 0.0962. The summed E-state index contributed by atoms with van der Waals surface area (Å²) in [5, 5.41) is 2.71. The van der Waals surface area contributed by atoms with E-state index in [1.165, 1.54) is 11.8 Å². The Morgan fingerprint density at radius 1 is 1.04 bits per heavy atom. The van der Waals surface area contributed by atoms with Crippen LogP contribution in [0, 0.1) is 6.92 Å². The van der Waals surface area contributed by atoms with Crippen molar-refractivity contribution in [1.82, 2.24) is 9.97 Å². The van der Waals surface area contributed by atoms with E-state index in [2.05, 4.69) is 39.6 Å². The molecule has 2 aromatic carbocycles. The Hall–Kier alpha value is -3.34. The number of ketones is 1. The summed E-state index contributed by atoms with van der Waals surface area (Å²) < 4.78 is 0. The second-order valence-electron chi connectivity index (χ2n) is 6.81. The summed E-state index contributed by atoms with van der Waals surface area (Å²) in [7, 11) is 0. The zero-order valence-electron chi connectivity index (χ0n) is 15.0. The first kappa shape index (κ1) is 17.1. The summed E-state index contributed by atoms with van der Waals surface area (Å²) in [6.45, 7) is 2.04. The van der Waals surface area contributed by atoms with E-state index in [9.17, 15) is 9.59 Å². The van der Waals surface area contributed by atoms with Gasteiger partial charge in [0.2, 0.25) is 5.95 Å². The van der Waals surface area contributed by atoms with Gasteiger partial charge in [0.1, 0.15) is 0 Å². The third kappa shape index (κ3) is 3.62. The number of carbonyl (C=O) groups is 2. The van der Waals surface area contributed by atoms with E-state index in [1.54, 1.807) is 24.3 Å². The third-order valence-corrected chi connectivity index (χ3v) is 4.85. The highest BCUT2D eigenvalue weighted by atomic mass is 16.1. The van der Waals surface area contributed by atoms with Gasteiger partial charge in [-0.2, -0.15) is 0 Å². The van der Waals surface area contributed by atoms with Crippen molar-refractivity contribution in [3.63, 3.8) is 0 Å². The summed E-state index contributed by atoms with van der Waals surface area (Å²) in [5.74, 6) is 0.0914. The van der Waals surface area contributed by atoms with Crippen LogP contribution < -0.4 is 5.32 Å². The molecule has 0 unspecified atom stereocenters. The van der Waals surface area contributed by atoms with Crippen molar-refractivity contribution in [3.05, 3.63) is 88.7 Å². The number of nitrogens with zero attached hydrogens (tertiary/aromatic N) is 2. The van der Waals surface area contributed by atoms with Crippen LogP contribution in [0.3, 0.4) is 0 Å². The van der Waals surface area contributed by atoms with E-state index in [0.29, 0.717) is 29.7 Å². The monoisotopic (exact) mass is 357 g/mol. The summed E-state index contributed by atoms with van der Waals surface area (Å²) in [6, 6.07) is 17.1. The van der Waals surface area contributed by atoms with Crippen molar-refractivity contribution >= 4 is 17.6 Å². The topological polar surface area (TPSA) is 72.0 Å². The smallest absolute Gasteiger partial charge is 0.258 e. The average Bonchev–Trinajstić information content (AvgIpc) is 2.69. The number of rotatable bonds is 3. The number of anilines is 1. The van der Waals surface area contributed by atoms with Crippen molar-refractivity contribution in [2.75, 3.05) is 5.32 Å². The minimum atomic E-state index is -0.271. The quantitative estimate of drug-likeness (QED) is 0.770. The van der Waals surface area contributed by atoms with Gasteiger partial charge in [-0.05, 0) is 37.0 Å². The summed E-state index contributed by atoms with van der Waals surface area (Å²) >= 11 is 0. The van der Waals surface area contributed by atoms with Gasteiger partial charge in [0.15, 0.2) is 5.78 Å². The Morgan fingerprint density at radius 3 is 2.52 bits per heavy atom. The lowest BCUT2D eigenvalue weighted by atomic mass is 9.82. The molecule has 0 bridgehead atoms. The fourth-order valence-corrected chi connectivity index (χ4v) is 3.34. The standard InChI is InChI=1S/C22H19N3O2/c1-14-7-9-15(10-8-14)17-11-19-18(20(26)12-17)13-23-22(24-19)25-21(27)16-5-3-2-4-6-16/h2-10,13,17H,11-12H2,1H3,(H,23,24,25,27)/t17-/m0/s1. The molecule has 1 N–H and O–H groups in total. The van der Waals surface area contributed by atoms with Crippen LogP contribution in [0.1, 0.15) is 49.9 Å². The molecule has 0 saturated heterocycles. The van der Waals surface area contributed by atoms with Crippen LogP contribution in [0.2, 0.25) is 0 Å². The van der Waals surface area contributed by atoms with Crippen molar-refractivity contribution in [1.29, 1.82) is 0 Å². The molecule has 0 aliphatic heterocycles. The number of nitrogens with one attached hydrogen (secondary N) is 1. The predicted molar refractivity (Wildman–Crippen MR) is 103 cm³/mol. The fourth-order valence-electron chi connectivity index (χ4n) is 3.34. The average molecular weight is 357 g/mol. The summed E-state index contributed by atoms with van der Waals surface area (Å²) in [4.78, 5) is 33.4. The molecule has 1 aliphatic rings. The van der Waals surface area contributed by atoms with Gasteiger partial charge in [0.05, 0.1) is 11.3 Å². The Kier molecular flexibility index (Phi) is 4.50. The molecule has 1 aliphatic carbocycles. The largest absolute Gasteiger partial charge is 0.294 e. The molecule has 3 aromatic rings. The van der Waals surface area contributed by atoms with Crippen LogP contribution in [0.5, 0.6) is 0 Å². The van der Waals surface area contributed by atoms with Crippen molar-refractivity contribution in [2.45, 2.75) is 25.7 Å². The molecule has 27 heavy (non-hydrogen) atoms. The van der Waals surface area contributed by atoms with E-state index in [1.807, 2.05) is 13.0 Å². The normalized spacial score (nSPS) is 15.9. The lowest BCUT2D eigenvalue weighted by Gasteiger charge is -2.23. The van der Waals surface area contributed by atoms with E-state index in [0.717, 1.165) is 5.56 Å². The van der Waals surface area contributed by atoms with Crippen LogP contribution in [0.15, 0.2) is 60.8 Å². The molecule has 4 rings (SSSR count). The number of amides is 1. The van der Waals surface area contributed by atoms with Gasteiger partial charge in [0.25, 0.3) is 5.91 Å². The first-order valence-corrected chi connectivity index (χ1v) is 8.92. The minimum absolute atomic E-state index is 0.0442. The highest BCUT2D eigenvalue weighted by molar-refractivity contribution is 6.03. The third-order valence-electron chi connectivity index (χ3n) is 4.85. The second-order valence-corrected chi connectivity index (χ2v) is 6.81. The Bertz CT molecular complexity index is 998. The highest BCUT2D eigenvalue weighted by Gasteiger charge is 2.28. The molecular formula is C22H19N3O2. The molecule has 1 atom stereocenters. The van der Waals surface area contributed by atoms with Crippen LogP contribution in [-0.2, 0) is 6.42 Å². The van der Waals surface area contributed by atoms with E-state index < -0.39 is 0 Å². The van der Waals surface area contributed by atoms with Crippen LogP contribution >= 0.6 is 0 Å². The number of hydrogen-bond donors (Lipinski definition) is 1. The minimum Gasteiger partial charge on any atom is -0.294 e. The molecule has 5 nitrogen and oxygen atoms in total. The number of fused-ring (bicyclic) bond motifs is 1. The Labute approximate surface area is 157 Å². The molecule has 0 spiro atoms. The fraction of sp³-hybridized carbons (Fsp3) is 0.182. The van der Waals surface area contributed by atoms with Gasteiger partial charge >= 0.3 is 0 Å². The van der Waals surface area contributed by atoms with Crippen molar-refractivity contribution in [3.8, 4) is 0 Å². The van der Waals surface area contributed by atoms with Gasteiger partial charge in [-0.25, -0.2) is 9.97 Å². The molecule has 1 aromatic heterocycles. The van der Waals surface area contributed by atoms with Crippen molar-refractivity contribution in [2.24, 2.45) is 0 Å². The number of aryl methyl sites for hydroxylation is 1. The number of benzene rings is 2. The summed E-state index contributed by atoms with van der Waals surface area (Å²) in [5.41, 5.74) is 4.10. The molecule has 1 heterocycles. The molecule has 0 radical (unpaired) electrons. The van der Waals surface area contributed by atoms with Crippen LogP contribution in [0.25, 0.3) is 0 Å².